The second-order valence-corrected chi connectivity index (χ2v) is 7.11. The summed E-state index contributed by atoms with van der Waals surface area (Å²) in [7, 11) is 0. The number of hydrogen-bond donors (Lipinski definition) is 1. The Kier molecular flexibility index (Phi) is 5.51. The predicted molar refractivity (Wildman–Crippen MR) is 103 cm³/mol. The van der Waals surface area contributed by atoms with Gasteiger partial charge in [0.1, 0.15) is 5.75 Å². The van der Waals surface area contributed by atoms with Gasteiger partial charge in [0.15, 0.2) is 5.69 Å². The third-order valence-electron chi connectivity index (χ3n) is 3.74. The number of halogens is 3. The highest BCUT2D eigenvalue weighted by Crippen LogP contribution is 2.39. The zero-order valence-corrected chi connectivity index (χ0v) is 16.0. The first kappa shape index (κ1) is 18.0. The molecule has 2 aromatic carbocycles. The Morgan fingerprint density at radius 2 is 2.00 bits per heavy atom. The summed E-state index contributed by atoms with van der Waals surface area (Å²) in [5, 5.41) is 14.8. The highest BCUT2D eigenvalue weighted by atomic mass is 79.9. The fourth-order valence-electron chi connectivity index (χ4n) is 2.61. The van der Waals surface area contributed by atoms with Crippen LogP contribution in [0.15, 0.2) is 46.0 Å². The average molecular weight is 444 g/mol. The topological polar surface area (TPSA) is 63.8 Å². The Hall–Kier alpha value is -1.76. The van der Waals surface area contributed by atoms with Crippen molar-refractivity contribution in [3.63, 3.8) is 0 Å². The maximum atomic E-state index is 11.1. The van der Waals surface area contributed by atoms with E-state index < -0.39 is 0 Å². The zero-order valence-electron chi connectivity index (χ0n) is 12.9. The minimum atomic E-state index is -0.146. The fourth-order valence-corrected chi connectivity index (χ4v) is 3.43. The number of ether oxygens (including phenoxy) is 1. The number of nitroso groups, excluding NO2 is 1. The molecule has 3 aromatic rings. The first-order chi connectivity index (χ1) is 12.0. The summed E-state index contributed by atoms with van der Waals surface area (Å²) in [4.78, 5) is 11.1. The molecule has 5 nitrogen and oxygen atoms in total. The van der Waals surface area contributed by atoms with E-state index in [4.69, 9.17) is 27.9 Å². The van der Waals surface area contributed by atoms with Crippen LogP contribution < -0.4 is 4.74 Å². The van der Waals surface area contributed by atoms with Crippen molar-refractivity contribution in [3.05, 3.63) is 55.8 Å². The van der Waals surface area contributed by atoms with Gasteiger partial charge < -0.3 is 14.4 Å². The summed E-state index contributed by atoms with van der Waals surface area (Å²) >= 11 is 15.3. The van der Waals surface area contributed by atoms with Gasteiger partial charge in [0.05, 0.1) is 17.1 Å². The Bertz CT molecular complexity index is 943. The summed E-state index contributed by atoms with van der Waals surface area (Å²) in [5.41, 5.74) is 0.776. The molecule has 8 heteroatoms. The van der Waals surface area contributed by atoms with Crippen molar-refractivity contribution < 1.29 is 9.84 Å². The molecule has 0 spiro atoms. The highest BCUT2D eigenvalue weighted by molar-refractivity contribution is 9.10. The Morgan fingerprint density at radius 1 is 1.20 bits per heavy atom. The maximum absolute atomic E-state index is 11.1. The Labute approximate surface area is 162 Å². The van der Waals surface area contributed by atoms with E-state index in [1.165, 1.54) is 0 Å². The van der Waals surface area contributed by atoms with E-state index in [0.717, 1.165) is 9.99 Å². The molecule has 0 unspecified atom stereocenters. The van der Waals surface area contributed by atoms with Crippen LogP contribution in [-0.4, -0.2) is 16.3 Å². The highest BCUT2D eigenvalue weighted by Gasteiger charge is 2.17. The third-order valence-corrected chi connectivity index (χ3v) is 4.76. The first-order valence-electron chi connectivity index (χ1n) is 7.43. The van der Waals surface area contributed by atoms with Gasteiger partial charge in [0.25, 0.3) is 0 Å². The monoisotopic (exact) mass is 442 g/mol. The van der Waals surface area contributed by atoms with Crippen molar-refractivity contribution in [2.75, 3.05) is 6.61 Å². The molecule has 0 radical (unpaired) electrons. The minimum Gasteiger partial charge on any atom is -0.493 e. The molecular formula is C17H13BrCl2N2O3. The van der Waals surface area contributed by atoms with E-state index in [2.05, 4.69) is 21.1 Å². The van der Waals surface area contributed by atoms with Gasteiger partial charge in [-0.25, -0.2) is 0 Å². The molecule has 0 aliphatic carbocycles. The Balaban J connectivity index is 1.73. The van der Waals surface area contributed by atoms with Crippen molar-refractivity contribution in [2.45, 2.75) is 13.0 Å². The van der Waals surface area contributed by atoms with Gasteiger partial charge in [-0.05, 0) is 48.0 Å². The van der Waals surface area contributed by atoms with Crippen molar-refractivity contribution in [3.8, 4) is 11.6 Å². The molecule has 3 rings (SSSR count). The summed E-state index contributed by atoms with van der Waals surface area (Å²) in [5.74, 6) is 0.402. The molecule has 0 saturated carbocycles. The quantitative estimate of drug-likeness (QED) is 0.360. The predicted octanol–water partition coefficient (Wildman–Crippen LogP) is 6.28. The molecule has 0 bridgehead atoms. The average Bonchev–Trinajstić information content (AvgIpc) is 2.83. The van der Waals surface area contributed by atoms with Gasteiger partial charge in [-0.2, -0.15) is 0 Å². The fraction of sp³-hybridized carbons (Fsp3) is 0.176. The van der Waals surface area contributed by atoms with Crippen LogP contribution in [-0.2, 0) is 6.54 Å². The van der Waals surface area contributed by atoms with Crippen LogP contribution in [0.3, 0.4) is 0 Å². The standard InChI is InChI=1S/C17H13BrCl2N2O3/c18-10-2-4-14-12(8-10)16(21-24)17(23)22(14)6-1-7-25-15-5-3-11(19)9-13(15)20/h2-5,8-9,23H,1,6-7H2. The van der Waals surface area contributed by atoms with Crippen LogP contribution in [0.1, 0.15) is 6.42 Å². The smallest absolute Gasteiger partial charge is 0.222 e. The SMILES string of the molecule is O=Nc1c(O)n(CCCOc2ccc(Cl)cc2Cl)c2ccc(Br)cc12. The number of aromatic hydroxyl groups is 1. The van der Waals surface area contributed by atoms with Crippen LogP contribution in [0.4, 0.5) is 5.69 Å². The summed E-state index contributed by atoms with van der Waals surface area (Å²) < 4.78 is 8.09. The van der Waals surface area contributed by atoms with E-state index in [1.54, 1.807) is 28.8 Å². The molecule has 0 fully saturated rings. The normalized spacial score (nSPS) is 11.0. The van der Waals surface area contributed by atoms with Gasteiger partial charge >= 0.3 is 0 Å². The molecule has 1 N–H and O–H groups in total. The number of hydrogen-bond acceptors (Lipinski definition) is 4. The molecule has 1 heterocycles. The molecule has 130 valence electrons. The van der Waals surface area contributed by atoms with Crippen molar-refractivity contribution in [2.24, 2.45) is 5.18 Å². The van der Waals surface area contributed by atoms with Gasteiger partial charge in [-0.3, -0.25) is 0 Å². The summed E-state index contributed by atoms with van der Waals surface area (Å²) in [6, 6.07) is 10.4. The number of aromatic nitrogens is 1. The van der Waals surface area contributed by atoms with Gasteiger partial charge in [0.2, 0.25) is 5.88 Å². The number of aryl methyl sites for hydroxylation is 1. The molecular weight excluding hydrogens is 431 g/mol. The van der Waals surface area contributed by atoms with Crippen molar-refractivity contribution in [1.82, 2.24) is 4.57 Å². The second kappa shape index (κ2) is 7.64. The first-order valence-corrected chi connectivity index (χ1v) is 8.98. The largest absolute Gasteiger partial charge is 0.493 e. The van der Waals surface area contributed by atoms with Crippen LogP contribution in [0.25, 0.3) is 10.9 Å². The van der Waals surface area contributed by atoms with Crippen LogP contribution in [0.2, 0.25) is 10.0 Å². The lowest BCUT2D eigenvalue weighted by Gasteiger charge is -2.10. The molecule has 0 aliphatic rings. The second-order valence-electron chi connectivity index (χ2n) is 5.35. The molecule has 25 heavy (non-hydrogen) atoms. The van der Waals surface area contributed by atoms with Crippen molar-refractivity contribution >= 4 is 55.7 Å². The summed E-state index contributed by atoms with van der Waals surface area (Å²) in [6.07, 6.45) is 0.602. The van der Waals surface area contributed by atoms with Crippen molar-refractivity contribution in [1.29, 1.82) is 0 Å². The van der Waals surface area contributed by atoms with E-state index >= 15 is 0 Å². The van der Waals surface area contributed by atoms with E-state index in [-0.39, 0.29) is 11.6 Å². The van der Waals surface area contributed by atoms with E-state index in [1.807, 2.05) is 12.1 Å². The molecule has 0 aliphatic heterocycles. The number of nitrogens with zero attached hydrogens (tertiary/aromatic N) is 2. The van der Waals surface area contributed by atoms with E-state index in [0.29, 0.717) is 40.8 Å². The zero-order chi connectivity index (χ0) is 18.0. The number of fused-ring (bicyclic) bond motifs is 1. The van der Waals surface area contributed by atoms with Crippen LogP contribution >= 0.6 is 39.1 Å². The maximum Gasteiger partial charge on any atom is 0.222 e. The molecule has 0 atom stereocenters. The molecule has 1 aromatic heterocycles. The van der Waals surface area contributed by atoms with Crippen LogP contribution in [0, 0.1) is 4.91 Å². The van der Waals surface area contributed by atoms with Gasteiger partial charge in [-0.15, -0.1) is 4.91 Å². The minimum absolute atomic E-state index is 0.0398. The van der Waals surface area contributed by atoms with Crippen LogP contribution in [0.5, 0.6) is 11.6 Å². The van der Waals surface area contributed by atoms with E-state index in [9.17, 15) is 10.0 Å². The summed E-state index contributed by atoms with van der Waals surface area (Å²) in [6.45, 7) is 0.853. The number of benzene rings is 2. The number of rotatable bonds is 6. The lowest BCUT2D eigenvalue weighted by Crippen LogP contribution is -2.04. The third kappa shape index (κ3) is 3.76. The lowest BCUT2D eigenvalue weighted by molar-refractivity contribution is 0.298. The van der Waals surface area contributed by atoms with Gasteiger partial charge in [0, 0.05) is 21.4 Å². The van der Waals surface area contributed by atoms with Gasteiger partial charge in [-0.1, -0.05) is 39.1 Å². The molecule has 0 amide bonds. The Morgan fingerprint density at radius 3 is 2.72 bits per heavy atom. The lowest BCUT2D eigenvalue weighted by atomic mass is 10.2. The molecule has 0 saturated heterocycles.